The van der Waals surface area contributed by atoms with Crippen LogP contribution in [0, 0.1) is 0 Å². The van der Waals surface area contributed by atoms with E-state index in [4.69, 9.17) is 16.2 Å². The third-order valence-corrected chi connectivity index (χ3v) is 3.11. The molecule has 0 aliphatic rings. The highest BCUT2D eigenvalue weighted by molar-refractivity contribution is 9.10. The van der Waals surface area contributed by atoms with Gasteiger partial charge in [0.05, 0.1) is 6.20 Å². The maximum atomic E-state index is 5.79. The lowest BCUT2D eigenvalue weighted by atomic mass is 10.0. The zero-order valence-corrected chi connectivity index (χ0v) is 12.3. The maximum Gasteiger partial charge on any atom is 0.222 e. The van der Waals surface area contributed by atoms with Crippen LogP contribution >= 0.6 is 15.9 Å². The summed E-state index contributed by atoms with van der Waals surface area (Å²) in [7, 11) is 0. The van der Waals surface area contributed by atoms with Gasteiger partial charge in [-0.25, -0.2) is 4.98 Å². The van der Waals surface area contributed by atoms with Crippen molar-refractivity contribution in [3.05, 3.63) is 34.4 Å². The molecule has 1 aromatic heterocycles. The lowest BCUT2D eigenvalue weighted by Gasteiger charge is -2.14. The topological polar surface area (TPSA) is 87.0 Å². The monoisotopic (exact) mass is 322 g/mol. The third-order valence-electron chi connectivity index (χ3n) is 2.62. The third kappa shape index (κ3) is 3.14. The van der Waals surface area contributed by atoms with Crippen molar-refractivity contribution in [3.8, 4) is 11.5 Å². The van der Waals surface area contributed by atoms with E-state index in [9.17, 15) is 0 Å². The van der Waals surface area contributed by atoms with Gasteiger partial charge in [0.25, 0.3) is 0 Å². The molecule has 0 fully saturated rings. The summed E-state index contributed by atoms with van der Waals surface area (Å²) >= 11 is 3.45. The van der Waals surface area contributed by atoms with Gasteiger partial charge in [0.15, 0.2) is 11.6 Å². The van der Waals surface area contributed by atoms with Gasteiger partial charge in [-0.1, -0.05) is 29.8 Å². The van der Waals surface area contributed by atoms with E-state index < -0.39 is 0 Å². The second-order valence-corrected chi connectivity index (χ2v) is 5.33. The van der Waals surface area contributed by atoms with Crippen molar-refractivity contribution in [2.75, 3.05) is 11.5 Å². The smallest absolute Gasteiger partial charge is 0.222 e. The summed E-state index contributed by atoms with van der Waals surface area (Å²) in [5.41, 5.74) is 12.3. The van der Waals surface area contributed by atoms with Crippen LogP contribution in [0.1, 0.15) is 25.3 Å². The van der Waals surface area contributed by atoms with Crippen molar-refractivity contribution in [2.45, 2.75) is 19.8 Å². The molecule has 0 bridgehead atoms. The number of benzene rings is 1. The summed E-state index contributed by atoms with van der Waals surface area (Å²) in [4.78, 5) is 7.75. The van der Waals surface area contributed by atoms with Gasteiger partial charge in [-0.2, -0.15) is 4.98 Å². The molecule has 100 valence electrons. The van der Waals surface area contributed by atoms with Gasteiger partial charge < -0.3 is 16.2 Å². The summed E-state index contributed by atoms with van der Waals surface area (Å²) in [6.07, 6.45) is 1.48. The molecule has 2 aromatic rings. The number of ether oxygens (including phenoxy) is 1. The molecule has 0 aliphatic heterocycles. The Labute approximate surface area is 120 Å². The highest BCUT2D eigenvalue weighted by atomic mass is 79.9. The standard InChI is InChI=1S/C13H15BrN4O/c1-7(2)9-5-8(14)3-4-10(9)19-11-6-17-13(16)18-12(11)15/h3-7H,1-2H3,(H4,15,16,17,18). The van der Waals surface area contributed by atoms with Crippen LogP contribution in [0.3, 0.4) is 0 Å². The van der Waals surface area contributed by atoms with Crippen LogP contribution in [-0.2, 0) is 0 Å². The minimum absolute atomic E-state index is 0.129. The van der Waals surface area contributed by atoms with E-state index in [-0.39, 0.29) is 11.8 Å². The first-order valence-corrected chi connectivity index (χ1v) is 6.62. The predicted octanol–water partition coefficient (Wildman–Crippen LogP) is 3.32. The minimum Gasteiger partial charge on any atom is -0.452 e. The van der Waals surface area contributed by atoms with E-state index >= 15 is 0 Å². The zero-order chi connectivity index (χ0) is 14.0. The summed E-state index contributed by atoms with van der Waals surface area (Å²) in [6.45, 7) is 4.19. The predicted molar refractivity (Wildman–Crippen MR) is 79.2 cm³/mol. The summed E-state index contributed by atoms with van der Waals surface area (Å²) in [5.74, 6) is 1.81. The molecule has 0 unspecified atom stereocenters. The first-order chi connectivity index (χ1) is 8.97. The molecule has 1 heterocycles. The molecule has 0 amide bonds. The van der Waals surface area contributed by atoms with E-state index in [1.807, 2.05) is 18.2 Å². The first kappa shape index (κ1) is 13.6. The van der Waals surface area contributed by atoms with Gasteiger partial charge in [-0.05, 0) is 29.7 Å². The highest BCUT2D eigenvalue weighted by Gasteiger charge is 2.12. The molecule has 6 heteroatoms. The van der Waals surface area contributed by atoms with Crippen LogP contribution < -0.4 is 16.2 Å². The molecule has 0 saturated heterocycles. The molecule has 0 aliphatic carbocycles. The SMILES string of the molecule is CC(C)c1cc(Br)ccc1Oc1cnc(N)nc1N. The second-order valence-electron chi connectivity index (χ2n) is 4.42. The van der Waals surface area contributed by atoms with Gasteiger partial charge in [0.2, 0.25) is 5.95 Å². The molecule has 5 nitrogen and oxygen atoms in total. The number of hydrogen-bond acceptors (Lipinski definition) is 5. The highest BCUT2D eigenvalue weighted by Crippen LogP contribution is 2.34. The van der Waals surface area contributed by atoms with Crippen molar-refractivity contribution in [2.24, 2.45) is 0 Å². The van der Waals surface area contributed by atoms with E-state index in [1.54, 1.807) is 0 Å². The number of halogens is 1. The number of aromatic nitrogens is 2. The van der Waals surface area contributed by atoms with Crippen LogP contribution in [0.4, 0.5) is 11.8 Å². The van der Waals surface area contributed by atoms with E-state index in [0.717, 1.165) is 15.8 Å². The van der Waals surface area contributed by atoms with Crippen molar-refractivity contribution in [1.82, 2.24) is 9.97 Å². The Morgan fingerprint density at radius 3 is 2.58 bits per heavy atom. The summed E-state index contributed by atoms with van der Waals surface area (Å²) in [5, 5.41) is 0. The lowest BCUT2D eigenvalue weighted by Crippen LogP contribution is -2.02. The van der Waals surface area contributed by atoms with Crippen LogP contribution in [0.2, 0.25) is 0 Å². The van der Waals surface area contributed by atoms with E-state index in [0.29, 0.717) is 11.7 Å². The van der Waals surface area contributed by atoms with Gasteiger partial charge in [-0.15, -0.1) is 0 Å². The molecule has 0 radical (unpaired) electrons. The fourth-order valence-corrected chi connectivity index (χ4v) is 2.04. The number of anilines is 2. The number of nitrogens with two attached hydrogens (primary N) is 2. The van der Waals surface area contributed by atoms with E-state index in [2.05, 4.69) is 39.7 Å². The van der Waals surface area contributed by atoms with Gasteiger partial charge in [-0.3, -0.25) is 0 Å². The Balaban J connectivity index is 2.38. The fraction of sp³-hybridized carbons (Fsp3) is 0.231. The molecule has 4 N–H and O–H groups in total. The lowest BCUT2D eigenvalue weighted by molar-refractivity contribution is 0.471. The molecule has 0 spiro atoms. The van der Waals surface area contributed by atoms with Gasteiger partial charge >= 0.3 is 0 Å². The largest absolute Gasteiger partial charge is 0.452 e. The Kier molecular flexibility index (Phi) is 3.90. The summed E-state index contributed by atoms with van der Waals surface area (Å²) < 4.78 is 6.79. The fourth-order valence-electron chi connectivity index (χ4n) is 1.66. The molecule has 2 rings (SSSR count). The zero-order valence-electron chi connectivity index (χ0n) is 10.7. The van der Waals surface area contributed by atoms with Crippen LogP contribution in [0.15, 0.2) is 28.9 Å². The molecule has 0 atom stereocenters. The van der Waals surface area contributed by atoms with Crippen molar-refractivity contribution < 1.29 is 4.74 Å². The molecular weight excluding hydrogens is 308 g/mol. The van der Waals surface area contributed by atoms with E-state index in [1.165, 1.54) is 6.20 Å². The Hall–Kier alpha value is -1.82. The molecule has 0 saturated carbocycles. The van der Waals surface area contributed by atoms with Crippen LogP contribution in [0.25, 0.3) is 0 Å². The van der Waals surface area contributed by atoms with Crippen molar-refractivity contribution >= 4 is 27.7 Å². The number of rotatable bonds is 3. The second kappa shape index (κ2) is 5.44. The molecular formula is C13H15BrN4O. The molecule has 1 aromatic carbocycles. The van der Waals surface area contributed by atoms with Crippen molar-refractivity contribution in [3.63, 3.8) is 0 Å². The number of hydrogen-bond donors (Lipinski definition) is 2. The average Bonchev–Trinajstić information content (AvgIpc) is 2.34. The number of nitrogen functional groups attached to an aromatic ring is 2. The average molecular weight is 323 g/mol. The van der Waals surface area contributed by atoms with Crippen LogP contribution in [0.5, 0.6) is 11.5 Å². The number of nitrogens with zero attached hydrogens (tertiary/aromatic N) is 2. The first-order valence-electron chi connectivity index (χ1n) is 5.82. The maximum absolute atomic E-state index is 5.79. The van der Waals surface area contributed by atoms with Gasteiger partial charge in [0.1, 0.15) is 5.75 Å². The Morgan fingerprint density at radius 1 is 1.21 bits per heavy atom. The molecule has 19 heavy (non-hydrogen) atoms. The quantitative estimate of drug-likeness (QED) is 0.905. The summed E-state index contributed by atoms with van der Waals surface area (Å²) in [6, 6.07) is 5.82. The van der Waals surface area contributed by atoms with Gasteiger partial charge in [0, 0.05) is 4.47 Å². The minimum atomic E-state index is 0.129. The van der Waals surface area contributed by atoms with Crippen LogP contribution in [-0.4, -0.2) is 9.97 Å². The normalized spacial score (nSPS) is 10.7. The Bertz CT molecular complexity index is 601. The Morgan fingerprint density at radius 2 is 1.95 bits per heavy atom. The van der Waals surface area contributed by atoms with Crippen molar-refractivity contribution in [1.29, 1.82) is 0 Å².